The fourth-order valence-electron chi connectivity index (χ4n) is 1.17. The van der Waals surface area contributed by atoms with Crippen LogP contribution in [0.1, 0.15) is 26.7 Å². The van der Waals surface area contributed by atoms with Crippen LogP contribution in [0.2, 0.25) is 0 Å². The van der Waals surface area contributed by atoms with Crippen molar-refractivity contribution in [2.45, 2.75) is 38.9 Å². The molecule has 2 unspecified atom stereocenters. The van der Waals surface area contributed by atoms with Gasteiger partial charge in [0.1, 0.15) is 12.2 Å². The van der Waals surface area contributed by atoms with Crippen molar-refractivity contribution in [3.63, 3.8) is 0 Å². The van der Waals surface area contributed by atoms with E-state index in [0.29, 0.717) is 12.8 Å². The Morgan fingerprint density at radius 2 is 1.19 bits per heavy atom. The zero-order valence-electron chi connectivity index (χ0n) is 9.25. The summed E-state index contributed by atoms with van der Waals surface area (Å²) in [5.74, 6) is -0.256. The van der Waals surface area contributed by atoms with E-state index in [2.05, 4.69) is 0 Å². The largest absolute Gasteiger partial charge is 0.267 e. The van der Waals surface area contributed by atoms with E-state index in [9.17, 15) is 16.8 Å². The molecule has 16 heavy (non-hydrogen) atoms. The van der Waals surface area contributed by atoms with Crippen molar-refractivity contribution in [2.75, 3.05) is 11.5 Å². The molecular weight excluding hydrogens is 256 g/mol. The molecule has 0 aromatic rings. The Hall–Kier alpha value is -0.180. The van der Waals surface area contributed by atoms with Gasteiger partial charge in [-0.3, -0.25) is 8.37 Å². The SMILES string of the molecule is CCS(=O)(=O)OC1CCC1OS(=O)(=O)CC. The molecule has 0 amide bonds. The van der Waals surface area contributed by atoms with Crippen LogP contribution in [-0.2, 0) is 28.6 Å². The van der Waals surface area contributed by atoms with E-state index in [1.807, 2.05) is 0 Å². The molecule has 0 heterocycles. The first kappa shape index (κ1) is 13.9. The van der Waals surface area contributed by atoms with Gasteiger partial charge in [0.2, 0.25) is 0 Å². The molecule has 96 valence electrons. The maximum atomic E-state index is 11.2. The summed E-state index contributed by atoms with van der Waals surface area (Å²) in [4.78, 5) is 0. The monoisotopic (exact) mass is 272 g/mol. The highest BCUT2D eigenvalue weighted by Crippen LogP contribution is 2.29. The zero-order valence-corrected chi connectivity index (χ0v) is 10.9. The average molecular weight is 272 g/mol. The van der Waals surface area contributed by atoms with Gasteiger partial charge >= 0.3 is 0 Å². The van der Waals surface area contributed by atoms with E-state index in [1.165, 1.54) is 13.8 Å². The van der Waals surface area contributed by atoms with E-state index >= 15 is 0 Å². The summed E-state index contributed by atoms with van der Waals surface area (Å²) < 4.78 is 54.2. The molecule has 1 rings (SSSR count). The van der Waals surface area contributed by atoms with E-state index in [4.69, 9.17) is 8.37 Å². The van der Waals surface area contributed by atoms with Gasteiger partial charge in [-0.05, 0) is 26.7 Å². The first-order valence-corrected chi connectivity index (χ1v) is 8.27. The molecule has 0 spiro atoms. The second kappa shape index (κ2) is 4.99. The van der Waals surface area contributed by atoms with Gasteiger partial charge < -0.3 is 0 Å². The van der Waals surface area contributed by atoms with E-state index in [0.717, 1.165) is 0 Å². The molecule has 0 N–H and O–H groups in total. The Labute approximate surface area is 96.2 Å². The van der Waals surface area contributed by atoms with Gasteiger partial charge in [-0.25, -0.2) is 0 Å². The molecule has 2 atom stereocenters. The third-order valence-electron chi connectivity index (χ3n) is 2.40. The van der Waals surface area contributed by atoms with E-state index in [-0.39, 0.29) is 11.5 Å². The summed E-state index contributed by atoms with van der Waals surface area (Å²) in [7, 11) is -7.10. The Morgan fingerprint density at radius 3 is 1.38 bits per heavy atom. The van der Waals surface area contributed by atoms with Crippen molar-refractivity contribution in [3.8, 4) is 0 Å². The van der Waals surface area contributed by atoms with Crippen LogP contribution in [0.4, 0.5) is 0 Å². The van der Waals surface area contributed by atoms with Crippen LogP contribution in [-0.4, -0.2) is 40.5 Å². The molecule has 0 aromatic carbocycles. The van der Waals surface area contributed by atoms with Crippen molar-refractivity contribution < 1.29 is 25.2 Å². The number of hydrogen-bond acceptors (Lipinski definition) is 6. The first-order chi connectivity index (χ1) is 7.29. The maximum absolute atomic E-state index is 11.2. The topological polar surface area (TPSA) is 86.7 Å². The lowest BCUT2D eigenvalue weighted by Crippen LogP contribution is -2.44. The quantitative estimate of drug-likeness (QED) is 0.644. The lowest BCUT2D eigenvalue weighted by Gasteiger charge is -2.34. The minimum absolute atomic E-state index is 0.128. The van der Waals surface area contributed by atoms with Gasteiger partial charge in [0, 0.05) is 0 Å². The first-order valence-electron chi connectivity index (χ1n) is 5.11. The van der Waals surface area contributed by atoms with Crippen molar-refractivity contribution in [2.24, 2.45) is 0 Å². The zero-order chi connectivity index (χ0) is 12.4. The van der Waals surface area contributed by atoms with Gasteiger partial charge in [0.15, 0.2) is 0 Å². The third-order valence-corrected chi connectivity index (χ3v) is 4.89. The fourth-order valence-corrected chi connectivity index (χ4v) is 2.64. The van der Waals surface area contributed by atoms with Crippen molar-refractivity contribution in [1.29, 1.82) is 0 Å². The van der Waals surface area contributed by atoms with E-state index < -0.39 is 32.4 Å². The van der Waals surface area contributed by atoms with Gasteiger partial charge in [0.05, 0.1) is 11.5 Å². The summed E-state index contributed by atoms with van der Waals surface area (Å²) in [5, 5.41) is 0. The molecule has 0 saturated heterocycles. The van der Waals surface area contributed by atoms with Crippen LogP contribution in [0.15, 0.2) is 0 Å². The predicted molar refractivity (Wildman–Crippen MR) is 57.9 cm³/mol. The smallest absolute Gasteiger partial charge is 0.264 e. The number of hydrogen-bond donors (Lipinski definition) is 0. The number of rotatable bonds is 6. The van der Waals surface area contributed by atoms with Crippen molar-refractivity contribution in [3.05, 3.63) is 0 Å². The lowest BCUT2D eigenvalue weighted by molar-refractivity contribution is -0.0119. The molecule has 0 aromatic heterocycles. The normalized spacial score (nSPS) is 26.4. The van der Waals surface area contributed by atoms with Crippen molar-refractivity contribution >= 4 is 20.2 Å². The molecule has 1 aliphatic carbocycles. The third kappa shape index (κ3) is 3.69. The van der Waals surface area contributed by atoms with Crippen LogP contribution in [0.5, 0.6) is 0 Å². The van der Waals surface area contributed by atoms with Crippen LogP contribution >= 0.6 is 0 Å². The summed E-state index contributed by atoms with van der Waals surface area (Å²) in [6.07, 6.45) is -0.316. The molecule has 0 aliphatic heterocycles. The maximum Gasteiger partial charge on any atom is 0.267 e. The Kier molecular flexibility index (Phi) is 4.33. The molecule has 0 radical (unpaired) electrons. The minimum Gasteiger partial charge on any atom is -0.264 e. The van der Waals surface area contributed by atoms with Crippen molar-refractivity contribution in [1.82, 2.24) is 0 Å². The van der Waals surface area contributed by atoms with Crippen LogP contribution in [0, 0.1) is 0 Å². The van der Waals surface area contributed by atoms with Crippen LogP contribution in [0.25, 0.3) is 0 Å². The highest BCUT2D eigenvalue weighted by molar-refractivity contribution is 7.87. The summed E-state index contributed by atoms with van der Waals surface area (Å²) in [6, 6.07) is 0. The van der Waals surface area contributed by atoms with Gasteiger partial charge in [-0.15, -0.1) is 0 Å². The Balaban J connectivity index is 2.55. The van der Waals surface area contributed by atoms with Crippen LogP contribution < -0.4 is 0 Å². The minimum atomic E-state index is -3.55. The Bertz CT molecular complexity index is 381. The van der Waals surface area contributed by atoms with Crippen LogP contribution in [0.3, 0.4) is 0 Å². The van der Waals surface area contributed by atoms with Gasteiger partial charge in [-0.2, -0.15) is 16.8 Å². The molecule has 1 saturated carbocycles. The lowest BCUT2D eigenvalue weighted by atomic mass is 9.93. The highest BCUT2D eigenvalue weighted by atomic mass is 32.2. The average Bonchev–Trinajstić information content (AvgIpc) is 2.22. The molecule has 1 fully saturated rings. The molecule has 6 nitrogen and oxygen atoms in total. The highest BCUT2D eigenvalue weighted by Gasteiger charge is 2.38. The van der Waals surface area contributed by atoms with E-state index in [1.54, 1.807) is 0 Å². The standard InChI is InChI=1S/C8H16O6S2/c1-3-15(9,10)13-7-5-6-8(7)14-16(11,12)4-2/h7-8H,3-6H2,1-2H3. The second-order valence-electron chi connectivity index (χ2n) is 3.54. The van der Waals surface area contributed by atoms with Gasteiger partial charge in [-0.1, -0.05) is 0 Å². The molecule has 1 aliphatic rings. The summed E-state index contributed by atoms with van der Waals surface area (Å²) in [6.45, 7) is 2.93. The summed E-state index contributed by atoms with van der Waals surface area (Å²) >= 11 is 0. The molecule has 8 heteroatoms. The fraction of sp³-hybridized carbons (Fsp3) is 1.00. The molecular formula is C8H16O6S2. The predicted octanol–water partition coefficient (Wildman–Crippen LogP) is 0.250. The Morgan fingerprint density at radius 1 is 0.875 bits per heavy atom. The molecule has 0 bridgehead atoms. The van der Waals surface area contributed by atoms with Gasteiger partial charge in [0.25, 0.3) is 20.2 Å². The second-order valence-corrected chi connectivity index (χ2v) is 7.31. The summed E-state index contributed by atoms with van der Waals surface area (Å²) in [5.41, 5.74) is 0.